The number of halogens is 3. The van der Waals surface area contributed by atoms with Crippen molar-refractivity contribution in [3.63, 3.8) is 0 Å². The van der Waals surface area contributed by atoms with E-state index < -0.39 is 0 Å². The Kier molecular flexibility index (Phi) is 14.2. The third-order valence-electron chi connectivity index (χ3n) is 1.97. The van der Waals surface area contributed by atoms with Crippen LogP contribution in [0, 0.1) is 0 Å². The molecular weight excluding hydrogens is 314 g/mol. The molecule has 2 rings (SSSR count). The van der Waals surface area contributed by atoms with Gasteiger partial charge in [-0.3, -0.25) is 0 Å². The Bertz CT molecular complexity index is 410. The topological polar surface area (TPSA) is 23.1 Å². The van der Waals surface area contributed by atoms with Crippen LogP contribution in [0.15, 0.2) is 54.6 Å². The normalized spacial score (nSPS) is 7.53. The summed E-state index contributed by atoms with van der Waals surface area (Å²) in [6.07, 6.45) is 0. The Morgan fingerprint density at radius 1 is 0.647 bits per heavy atom. The van der Waals surface area contributed by atoms with Crippen LogP contribution in [-0.4, -0.2) is 0 Å². The molecular formula is C12H9Cl3OTi. The van der Waals surface area contributed by atoms with Crippen LogP contribution in [0.25, 0.3) is 11.1 Å². The first-order valence-electron chi connectivity index (χ1n) is 4.19. The summed E-state index contributed by atoms with van der Waals surface area (Å²) >= 11 is 0. The van der Waals surface area contributed by atoms with E-state index in [1.807, 2.05) is 42.5 Å². The third kappa shape index (κ3) is 5.81. The van der Waals surface area contributed by atoms with Crippen molar-refractivity contribution in [3.8, 4) is 16.9 Å². The molecule has 0 fully saturated rings. The first-order valence-corrected chi connectivity index (χ1v) is 4.19. The van der Waals surface area contributed by atoms with E-state index in [9.17, 15) is 5.11 Å². The molecule has 0 aliphatic carbocycles. The fraction of sp³-hybridized carbons (Fsp3) is 0. The molecule has 0 saturated carbocycles. The first-order chi connectivity index (χ1) is 6.38. The zero-order valence-electron chi connectivity index (χ0n) is 8.74. The van der Waals surface area contributed by atoms with Crippen molar-refractivity contribution in [1.29, 1.82) is 0 Å². The van der Waals surface area contributed by atoms with Gasteiger partial charge in [-0.1, -0.05) is 54.6 Å². The molecule has 0 atom stereocenters. The molecule has 0 amide bonds. The van der Waals surface area contributed by atoms with Crippen LogP contribution in [0.3, 0.4) is 0 Å². The van der Waals surface area contributed by atoms with Gasteiger partial charge in [0.15, 0.2) is 0 Å². The maximum atomic E-state index is 11.4. The van der Waals surface area contributed by atoms with Crippen LogP contribution in [-0.2, 0) is 21.7 Å². The van der Waals surface area contributed by atoms with E-state index in [0.29, 0.717) is 0 Å². The average Bonchev–Trinajstić information content (AvgIpc) is 2.20. The Labute approximate surface area is 135 Å². The van der Waals surface area contributed by atoms with Crippen molar-refractivity contribution in [2.45, 2.75) is 0 Å². The van der Waals surface area contributed by atoms with Crippen molar-refractivity contribution < 1.29 is 64.0 Å². The van der Waals surface area contributed by atoms with Gasteiger partial charge in [0, 0.05) is 0 Å². The summed E-state index contributed by atoms with van der Waals surface area (Å²) in [5.74, 6) is 0.0775. The summed E-state index contributed by atoms with van der Waals surface area (Å²) in [4.78, 5) is 0. The van der Waals surface area contributed by atoms with Crippen LogP contribution >= 0.6 is 0 Å². The molecule has 1 nitrogen and oxygen atoms in total. The molecule has 0 radical (unpaired) electrons. The van der Waals surface area contributed by atoms with Gasteiger partial charge in [0.1, 0.15) is 0 Å². The Balaban J connectivity index is -0.000000490. The quantitative estimate of drug-likeness (QED) is 0.479. The van der Waals surface area contributed by atoms with Gasteiger partial charge in [-0.25, -0.2) is 0 Å². The molecule has 0 heterocycles. The Hall–Kier alpha value is -0.176. The Morgan fingerprint density at radius 3 is 1.65 bits per heavy atom. The summed E-state index contributed by atoms with van der Waals surface area (Å²) < 4.78 is 0. The second-order valence-electron chi connectivity index (χ2n) is 2.86. The van der Waals surface area contributed by atoms with Gasteiger partial charge in [-0.15, -0.1) is 5.75 Å². The van der Waals surface area contributed by atoms with E-state index in [1.165, 1.54) is 0 Å². The summed E-state index contributed by atoms with van der Waals surface area (Å²) in [6, 6.07) is 16.8. The summed E-state index contributed by atoms with van der Waals surface area (Å²) in [6.45, 7) is 0. The SMILES string of the molecule is [Cl-].[Cl-].[Cl-].[O-]c1ccccc1-c1ccccc1.[Ti+4]. The molecule has 0 spiro atoms. The minimum Gasteiger partial charge on any atom is -1.00 e. The molecule has 0 unspecified atom stereocenters. The van der Waals surface area contributed by atoms with E-state index in [4.69, 9.17) is 0 Å². The van der Waals surface area contributed by atoms with Gasteiger partial charge in [-0.2, -0.15) is 0 Å². The molecule has 0 aliphatic rings. The van der Waals surface area contributed by atoms with Crippen molar-refractivity contribution in [2.24, 2.45) is 0 Å². The number of benzene rings is 2. The zero-order chi connectivity index (χ0) is 9.10. The Morgan fingerprint density at radius 2 is 1.12 bits per heavy atom. The van der Waals surface area contributed by atoms with Gasteiger partial charge in [0.2, 0.25) is 0 Å². The smallest absolute Gasteiger partial charge is 1.00 e. The third-order valence-corrected chi connectivity index (χ3v) is 1.97. The van der Waals surface area contributed by atoms with Gasteiger partial charge in [-0.05, 0) is 11.1 Å². The van der Waals surface area contributed by atoms with Crippen LogP contribution < -0.4 is 42.3 Å². The average molecular weight is 323 g/mol. The minimum atomic E-state index is 0. The van der Waals surface area contributed by atoms with Crippen LogP contribution in [0.2, 0.25) is 0 Å². The van der Waals surface area contributed by atoms with E-state index >= 15 is 0 Å². The maximum absolute atomic E-state index is 11.4. The zero-order valence-corrected chi connectivity index (χ0v) is 12.6. The molecule has 0 aromatic heterocycles. The van der Waals surface area contributed by atoms with E-state index in [0.717, 1.165) is 11.1 Å². The number of hydrogen-bond acceptors (Lipinski definition) is 1. The first kappa shape index (κ1) is 22.0. The van der Waals surface area contributed by atoms with Gasteiger partial charge in [0.25, 0.3) is 0 Å². The molecule has 5 heteroatoms. The molecule has 17 heavy (non-hydrogen) atoms. The van der Waals surface area contributed by atoms with E-state index in [-0.39, 0.29) is 64.7 Å². The van der Waals surface area contributed by atoms with Gasteiger partial charge >= 0.3 is 21.7 Å². The predicted octanol–water partition coefficient (Wildman–Crippen LogP) is -6.56. The predicted molar refractivity (Wildman–Crippen MR) is 51.3 cm³/mol. The second-order valence-corrected chi connectivity index (χ2v) is 2.86. The standard InChI is InChI=1S/C12H10O.3ClH.Ti/c13-12-9-5-4-8-11(12)10-6-2-1-3-7-10;;;;/h1-9,13H;3*1H;/q;;;;+4/p-4. The molecule has 2 aromatic carbocycles. The number of hydrogen-bond donors (Lipinski definition) is 0. The molecule has 0 bridgehead atoms. The number of para-hydroxylation sites is 1. The van der Waals surface area contributed by atoms with Crippen LogP contribution in [0.1, 0.15) is 0 Å². The van der Waals surface area contributed by atoms with Crippen molar-refractivity contribution in [2.75, 3.05) is 0 Å². The van der Waals surface area contributed by atoms with Crippen molar-refractivity contribution >= 4 is 0 Å². The fourth-order valence-corrected chi connectivity index (χ4v) is 1.32. The largest absolute Gasteiger partial charge is 4.00 e. The van der Waals surface area contributed by atoms with Crippen molar-refractivity contribution in [3.05, 3.63) is 54.6 Å². The van der Waals surface area contributed by atoms with E-state index in [2.05, 4.69) is 0 Å². The fourth-order valence-electron chi connectivity index (χ4n) is 1.32. The van der Waals surface area contributed by atoms with Crippen LogP contribution in [0.4, 0.5) is 0 Å². The molecule has 88 valence electrons. The second kappa shape index (κ2) is 10.9. The molecule has 0 aliphatic heterocycles. The summed E-state index contributed by atoms with van der Waals surface area (Å²) in [7, 11) is 0. The summed E-state index contributed by atoms with van der Waals surface area (Å²) in [5, 5.41) is 11.4. The number of rotatable bonds is 1. The molecule has 2 aromatic rings. The van der Waals surface area contributed by atoms with Gasteiger partial charge in [0.05, 0.1) is 0 Å². The summed E-state index contributed by atoms with van der Waals surface area (Å²) in [5.41, 5.74) is 1.75. The van der Waals surface area contributed by atoms with Gasteiger partial charge < -0.3 is 42.3 Å². The van der Waals surface area contributed by atoms with Crippen LogP contribution in [0.5, 0.6) is 5.75 Å². The van der Waals surface area contributed by atoms with Crippen molar-refractivity contribution in [1.82, 2.24) is 0 Å². The maximum Gasteiger partial charge on any atom is 4.00 e. The molecule has 0 N–H and O–H groups in total. The minimum absolute atomic E-state index is 0. The molecule has 0 saturated heterocycles. The monoisotopic (exact) mass is 322 g/mol. The van der Waals surface area contributed by atoms with E-state index in [1.54, 1.807) is 12.1 Å².